The number of sulfone groups is 1. The third kappa shape index (κ3) is 3.61. The van der Waals surface area contributed by atoms with E-state index in [1.807, 2.05) is 0 Å². The lowest BCUT2D eigenvalue weighted by Crippen LogP contribution is -2.11. The first-order valence-electron chi connectivity index (χ1n) is 6.51. The van der Waals surface area contributed by atoms with Crippen molar-refractivity contribution in [3.05, 3.63) is 35.9 Å². The van der Waals surface area contributed by atoms with Gasteiger partial charge in [-0.3, -0.25) is 0 Å². The van der Waals surface area contributed by atoms with Gasteiger partial charge in [-0.25, -0.2) is 8.42 Å². The van der Waals surface area contributed by atoms with Gasteiger partial charge in [-0.05, 0) is 18.2 Å². The van der Waals surface area contributed by atoms with Crippen molar-refractivity contribution in [1.29, 1.82) is 0 Å². The molecule has 5 nitrogen and oxygen atoms in total. The molecule has 0 aliphatic carbocycles. The van der Waals surface area contributed by atoms with Crippen LogP contribution in [0.3, 0.4) is 0 Å². The topological polar surface area (TPSA) is 69.2 Å². The monoisotopic (exact) mass is 346 g/mol. The lowest BCUT2D eigenvalue weighted by Gasteiger charge is -2.13. The van der Waals surface area contributed by atoms with E-state index in [1.54, 1.807) is 0 Å². The predicted molar refractivity (Wildman–Crippen MR) is 76.7 cm³/mol. The molecule has 1 aromatic carbocycles. The number of ether oxygens (including phenoxy) is 1. The number of nitrogens with zero attached hydrogens (tertiary/aromatic N) is 2. The van der Waals surface area contributed by atoms with E-state index in [1.165, 1.54) is 26.2 Å². The van der Waals surface area contributed by atoms with Gasteiger partial charge < -0.3 is 4.74 Å². The first-order valence-corrected chi connectivity index (χ1v) is 8.16. The van der Waals surface area contributed by atoms with Crippen LogP contribution in [0.25, 0.3) is 11.3 Å². The van der Waals surface area contributed by atoms with Crippen LogP contribution < -0.4 is 4.74 Å². The van der Waals surface area contributed by atoms with E-state index in [9.17, 15) is 21.6 Å². The van der Waals surface area contributed by atoms with E-state index in [4.69, 9.17) is 4.74 Å². The van der Waals surface area contributed by atoms with Crippen LogP contribution in [0.15, 0.2) is 35.2 Å². The third-order valence-corrected chi connectivity index (χ3v) is 4.92. The molecule has 0 saturated heterocycles. The number of hydrogen-bond donors (Lipinski definition) is 0. The Bertz CT molecular complexity index is 803. The van der Waals surface area contributed by atoms with Gasteiger partial charge in [0.05, 0.1) is 29.0 Å². The second-order valence-corrected chi connectivity index (χ2v) is 6.82. The zero-order valence-corrected chi connectivity index (χ0v) is 13.1. The molecule has 0 saturated carbocycles. The minimum atomic E-state index is -4.64. The van der Waals surface area contributed by atoms with Crippen molar-refractivity contribution >= 4 is 9.84 Å². The summed E-state index contributed by atoms with van der Waals surface area (Å²) in [5.74, 6) is -0.120. The van der Waals surface area contributed by atoms with Crippen molar-refractivity contribution in [2.45, 2.75) is 18.0 Å². The minimum absolute atomic E-state index is 0.0648. The zero-order chi connectivity index (χ0) is 17.3. The van der Waals surface area contributed by atoms with Gasteiger partial charge in [0, 0.05) is 11.6 Å². The molecule has 124 valence electrons. The largest absolute Gasteiger partial charge is 0.480 e. The lowest BCUT2D eigenvalue weighted by molar-refractivity contribution is -0.137. The SMILES string of the molecule is CCS(=O)(=O)c1cc(C(F)(F)F)ccc1-c1ccc(OC)nn1. The maximum atomic E-state index is 12.9. The molecule has 1 aromatic heterocycles. The van der Waals surface area contributed by atoms with Gasteiger partial charge in [-0.15, -0.1) is 10.2 Å². The fourth-order valence-electron chi connectivity index (χ4n) is 1.90. The Balaban J connectivity index is 2.67. The molecule has 0 fully saturated rings. The van der Waals surface area contributed by atoms with Crippen molar-refractivity contribution in [3.8, 4) is 17.1 Å². The maximum absolute atomic E-state index is 12.9. The number of alkyl halides is 3. The summed E-state index contributed by atoms with van der Waals surface area (Å²) >= 11 is 0. The van der Waals surface area contributed by atoms with Crippen LogP contribution >= 0.6 is 0 Å². The second kappa shape index (κ2) is 6.15. The van der Waals surface area contributed by atoms with Gasteiger partial charge in [0.1, 0.15) is 0 Å². The van der Waals surface area contributed by atoms with Crippen LogP contribution in [0.2, 0.25) is 0 Å². The van der Waals surface area contributed by atoms with Crippen LogP contribution in [0, 0.1) is 0 Å². The first kappa shape index (κ1) is 17.2. The van der Waals surface area contributed by atoms with Gasteiger partial charge in [-0.1, -0.05) is 13.0 Å². The van der Waals surface area contributed by atoms with E-state index in [2.05, 4.69) is 10.2 Å². The quantitative estimate of drug-likeness (QED) is 0.851. The number of hydrogen-bond acceptors (Lipinski definition) is 5. The molecule has 1 heterocycles. The highest BCUT2D eigenvalue weighted by atomic mass is 32.2. The van der Waals surface area contributed by atoms with Gasteiger partial charge >= 0.3 is 6.18 Å². The van der Waals surface area contributed by atoms with E-state index in [-0.39, 0.29) is 22.9 Å². The Kier molecular flexibility index (Phi) is 4.60. The van der Waals surface area contributed by atoms with Crippen molar-refractivity contribution in [1.82, 2.24) is 10.2 Å². The van der Waals surface area contributed by atoms with Gasteiger partial charge in [0.25, 0.3) is 0 Å². The Morgan fingerprint density at radius 1 is 1.13 bits per heavy atom. The molecule has 0 spiro atoms. The normalized spacial score (nSPS) is 12.2. The molecule has 0 aliphatic heterocycles. The van der Waals surface area contributed by atoms with Crippen LogP contribution in [0.4, 0.5) is 13.2 Å². The first-order chi connectivity index (χ1) is 10.7. The van der Waals surface area contributed by atoms with Gasteiger partial charge in [0.15, 0.2) is 9.84 Å². The summed E-state index contributed by atoms with van der Waals surface area (Å²) in [6.07, 6.45) is -4.64. The molecule has 2 rings (SSSR count). The fourth-order valence-corrected chi connectivity index (χ4v) is 3.02. The predicted octanol–water partition coefficient (Wildman–Crippen LogP) is 2.96. The van der Waals surface area contributed by atoms with Crippen LogP contribution in [0.1, 0.15) is 12.5 Å². The Morgan fingerprint density at radius 3 is 2.30 bits per heavy atom. The third-order valence-electron chi connectivity index (χ3n) is 3.15. The molecule has 0 unspecified atom stereocenters. The smallest absolute Gasteiger partial charge is 0.416 e. The van der Waals surface area contributed by atoms with Crippen molar-refractivity contribution in [2.75, 3.05) is 12.9 Å². The number of halogens is 3. The summed E-state index contributed by atoms with van der Waals surface area (Å²) in [6.45, 7) is 1.36. The summed E-state index contributed by atoms with van der Waals surface area (Å²) < 4.78 is 67.7. The highest BCUT2D eigenvalue weighted by Gasteiger charge is 2.33. The van der Waals surface area contributed by atoms with Crippen molar-refractivity contribution in [3.63, 3.8) is 0 Å². The molecule has 0 N–H and O–H groups in total. The number of aromatic nitrogens is 2. The summed E-state index contributed by atoms with van der Waals surface area (Å²) in [5, 5.41) is 7.50. The standard InChI is InChI=1S/C14H13F3N2O3S/c1-3-23(20,21)12-8-9(14(15,16)17)4-5-10(12)11-6-7-13(22-2)19-18-11/h4-8H,3H2,1-2H3. The average molecular weight is 346 g/mol. The van der Waals surface area contributed by atoms with E-state index < -0.39 is 26.5 Å². The molecule has 0 amide bonds. The maximum Gasteiger partial charge on any atom is 0.416 e. The highest BCUT2D eigenvalue weighted by Crippen LogP contribution is 2.35. The summed E-state index contributed by atoms with van der Waals surface area (Å²) in [5.41, 5.74) is -0.823. The second-order valence-electron chi connectivity index (χ2n) is 4.57. The van der Waals surface area contributed by atoms with E-state index in [0.717, 1.165) is 12.1 Å². The van der Waals surface area contributed by atoms with Crippen molar-refractivity contribution in [2.24, 2.45) is 0 Å². The Morgan fingerprint density at radius 2 is 1.83 bits per heavy atom. The van der Waals surface area contributed by atoms with Crippen LogP contribution in [0.5, 0.6) is 5.88 Å². The van der Waals surface area contributed by atoms with Gasteiger partial charge in [-0.2, -0.15) is 13.2 Å². The Hall–Kier alpha value is -2.16. The Labute approximate surface area is 131 Å². The number of methoxy groups -OCH3 is 1. The van der Waals surface area contributed by atoms with E-state index >= 15 is 0 Å². The zero-order valence-electron chi connectivity index (χ0n) is 12.3. The molecule has 0 aliphatic rings. The number of benzene rings is 1. The molecule has 9 heteroatoms. The summed E-state index contributed by atoms with van der Waals surface area (Å²) in [7, 11) is -2.49. The molecular formula is C14H13F3N2O3S. The molecule has 0 atom stereocenters. The molecule has 2 aromatic rings. The van der Waals surface area contributed by atoms with Crippen molar-refractivity contribution < 1.29 is 26.3 Å². The lowest BCUT2D eigenvalue weighted by atomic mass is 10.1. The van der Waals surface area contributed by atoms with Gasteiger partial charge in [0.2, 0.25) is 5.88 Å². The summed E-state index contributed by atoms with van der Waals surface area (Å²) in [6, 6.07) is 5.41. The minimum Gasteiger partial charge on any atom is -0.480 e. The summed E-state index contributed by atoms with van der Waals surface area (Å²) in [4.78, 5) is -0.422. The molecule has 0 bridgehead atoms. The fraction of sp³-hybridized carbons (Fsp3) is 0.286. The molecule has 23 heavy (non-hydrogen) atoms. The average Bonchev–Trinajstić information content (AvgIpc) is 2.53. The number of rotatable bonds is 4. The highest BCUT2D eigenvalue weighted by molar-refractivity contribution is 7.91. The van der Waals surface area contributed by atoms with E-state index in [0.29, 0.717) is 6.07 Å². The van der Waals surface area contributed by atoms with Crippen LogP contribution in [-0.4, -0.2) is 31.5 Å². The molecular weight excluding hydrogens is 333 g/mol. The molecule has 0 radical (unpaired) electrons. The van der Waals surface area contributed by atoms with Crippen LogP contribution in [-0.2, 0) is 16.0 Å².